The second kappa shape index (κ2) is 2.95. The van der Waals surface area contributed by atoms with Crippen LogP contribution in [0.3, 0.4) is 0 Å². The molecule has 0 aromatic heterocycles. The molecule has 1 saturated heterocycles. The van der Waals surface area contributed by atoms with E-state index >= 15 is 0 Å². The first-order valence-electron chi connectivity index (χ1n) is 6.13. The molecule has 2 aliphatic heterocycles. The lowest BCUT2D eigenvalue weighted by Gasteiger charge is -2.31. The van der Waals surface area contributed by atoms with Gasteiger partial charge in [0.25, 0.3) is 0 Å². The van der Waals surface area contributed by atoms with Gasteiger partial charge >= 0.3 is 0 Å². The second-order valence-electron chi connectivity index (χ2n) is 5.15. The van der Waals surface area contributed by atoms with Gasteiger partial charge in [0.1, 0.15) is 5.78 Å². The van der Waals surface area contributed by atoms with E-state index in [2.05, 4.69) is 18.2 Å². The number of hydrogen-bond acceptors (Lipinski definition) is 2. The monoisotopic (exact) mass is 214 g/mol. The van der Waals surface area contributed by atoms with E-state index in [0.717, 1.165) is 19.3 Å². The number of hydrogen-bond donors (Lipinski definition) is 0. The van der Waals surface area contributed by atoms with Crippen molar-refractivity contribution in [1.82, 2.24) is 0 Å². The van der Waals surface area contributed by atoms with Crippen LogP contribution in [0.15, 0.2) is 24.3 Å². The molecule has 2 heterocycles. The molecule has 1 aromatic carbocycles. The molecule has 1 saturated carbocycles. The smallest absolute Gasteiger partial charge is 0.139 e. The minimum Gasteiger partial charge on any atom is -0.364 e. The highest BCUT2D eigenvalue weighted by atomic mass is 16.5. The molecule has 0 amide bonds. The molecule has 0 radical (unpaired) electrons. The van der Waals surface area contributed by atoms with E-state index in [1.165, 1.54) is 11.1 Å². The minimum absolute atomic E-state index is 0.0685. The summed E-state index contributed by atoms with van der Waals surface area (Å²) in [7, 11) is 0. The molecule has 0 N–H and O–H groups in total. The second-order valence-corrected chi connectivity index (χ2v) is 5.15. The lowest BCUT2D eigenvalue weighted by atomic mass is 9.68. The maximum atomic E-state index is 12.0. The van der Waals surface area contributed by atoms with Crippen LogP contribution in [0.25, 0.3) is 0 Å². The van der Waals surface area contributed by atoms with Crippen molar-refractivity contribution >= 4 is 5.78 Å². The SMILES string of the molecule is O=C1CCC[C@H]2[C@@H]1[C@H]1O[C@@H]2c2ccccc21. The van der Waals surface area contributed by atoms with Crippen molar-refractivity contribution in [1.29, 1.82) is 0 Å². The van der Waals surface area contributed by atoms with E-state index in [-0.39, 0.29) is 18.1 Å². The van der Waals surface area contributed by atoms with Crippen LogP contribution in [0.5, 0.6) is 0 Å². The summed E-state index contributed by atoms with van der Waals surface area (Å²) in [6.07, 6.45) is 3.24. The zero-order valence-electron chi connectivity index (χ0n) is 9.06. The summed E-state index contributed by atoms with van der Waals surface area (Å²) >= 11 is 0. The molecule has 1 aliphatic carbocycles. The molecular formula is C14H14O2. The number of rotatable bonds is 0. The highest BCUT2D eigenvalue weighted by Crippen LogP contribution is 2.60. The van der Waals surface area contributed by atoms with E-state index < -0.39 is 0 Å². The first-order chi connectivity index (χ1) is 7.86. The predicted octanol–water partition coefficient (Wildman–Crippen LogP) is 2.80. The van der Waals surface area contributed by atoms with Crippen molar-refractivity contribution in [3.05, 3.63) is 35.4 Å². The van der Waals surface area contributed by atoms with Gasteiger partial charge in [-0.3, -0.25) is 4.79 Å². The number of fused-ring (bicyclic) bond motifs is 8. The van der Waals surface area contributed by atoms with Crippen molar-refractivity contribution in [3.8, 4) is 0 Å². The lowest BCUT2D eigenvalue weighted by Crippen LogP contribution is -2.32. The van der Waals surface area contributed by atoms with Crippen LogP contribution in [-0.2, 0) is 9.53 Å². The van der Waals surface area contributed by atoms with E-state index in [1.807, 2.05) is 6.07 Å². The molecule has 4 atom stereocenters. The molecule has 16 heavy (non-hydrogen) atoms. The highest BCUT2D eigenvalue weighted by Gasteiger charge is 2.55. The van der Waals surface area contributed by atoms with Gasteiger partial charge in [-0.15, -0.1) is 0 Å². The summed E-state index contributed by atoms with van der Waals surface area (Å²) in [6, 6.07) is 8.40. The Morgan fingerprint density at radius 2 is 1.88 bits per heavy atom. The van der Waals surface area contributed by atoms with Gasteiger partial charge in [0.05, 0.1) is 18.1 Å². The molecule has 3 aliphatic rings. The van der Waals surface area contributed by atoms with Gasteiger partial charge in [0.2, 0.25) is 0 Å². The Kier molecular flexibility index (Phi) is 1.65. The standard InChI is InChI=1S/C14H14O2/c15-11-7-3-6-10-12(11)14-9-5-2-1-4-8(9)13(10)16-14/h1-2,4-5,10,12-14H,3,6-7H2/t10-,12-,13+,14-/m0/s1. The number of Topliss-reactive ketones (excluding diaryl/α,β-unsaturated/α-hetero) is 1. The van der Waals surface area contributed by atoms with E-state index in [4.69, 9.17) is 4.74 Å². The Hall–Kier alpha value is -1.15. The van der Waals surface area contributed by atoms with Crippen molar-refractivity contribution in [2.45, 2.75) is 31.5 Å². The van der Waals surface area contributed by atoms with E-state index in [0.29, 0.717) is 11.7 Å². The fraction of sp³-hybridized carbons (Fsp3) is 0.500. The van der Waals surface area contributed by atoms with Crippen molar-refractivity contribution in [2.24, 2.45) is 11.8 Å². The first-order valence-corrected chi connectivity index (χ1v) is 6.13. The van der Waals surface area contributed by atoms with Crippen LogP contribution in [0, 0.1) is 11.8 Å². The Morgan fingerprint density at radius 3 is 2.69 bits per heavy atom. The van der Waals surface area contributed by atoms with Gasteiger partial charge in [-0.2, -0.15) is 0 Å². The molecule has 1 aromatic rings. The highest BCUT2D eigenvalue weighted by molar-refractivity contribution is 5.84. The average molecular weight is 214 g/mol. The third kappa shape index (κ3) is 0.938. The van der Waals surface area contributed by atoms with E-state index in [1.54, 1.807) is 0 Å². The first kappa shape index (κ1) is 8.94. The van der Waals surface area contributed by atoms with Crippen molar-refractivity contribution < 1.29 is 9.53 Å². The summed E-state index contributed by atoms with van der Waals surface area (Å²) in [5, 5.41) is 0. The quantitative estimate of drug-likeness (QED) is 0.663. The van der Waals surface area contributed by atoms with E-state index in [9.17, 15) is 4.79 Å². The maximum absolute atomic E-state index is 12.0. The Bertz CT molecular complexity index is 466. The number of benzene rings is 1. The summed E-state index contributed by atoms with van der Waals surface area (Å²) in [6.45, 7) is 0. The van der Waals surface area contributed by atoms with Gasteiger partial charge in [-0.05, 0) is 24.0 Å². The van der Waals surface area contributed by atoms with Crippen LogP contribution in [0.4, 0.5) is 0 Å². The van der Waals surface area contributed by atoms with Crippen LogP contribution in [0.1, 0.15) is 42.6 Å². The number of carbonyl (C=O) groups is 1. The fourth-order valence-corrected chi connectivity index (χ4v) is 3.77. The molecule has 82 valence electrons. The molecule has 2 heteroatoms. The largest absolute Gasteiger partial charge is 0.364 e. The van der Waals surface area contributed by atoms with Crippen LogP contribution in [-0.4, -0.2) is 5.78 Å². The van der Waals surface area contributed by atoms with Crippen LogP contribution < -0.4 is 0 Å². The zero-order chi connectivity index (χ0) is 10.7. The summed E-state index contributed by atoms with van der Waals surface area (Å²) in [5.41, 5.74) is 2.60. The minimum atomic E-state index is 0.0685. The average Bonchev–Trinajstić information content (AvgIpc) is 2.86. The molecule has 2 fully saturated rings. The van der Waals surface area contributed by atoms with Crippen molar-refractivity contribution in [3.63, 3.8) is 0 Å². The Morgan fingerprint density at radius 1 is 1.12 bits per heavy atom. The number of ether oxygens (including phenoxy) is 1. The molecule has 2 nitrogen and oxygen atoms in total. The van der Waals surface area contributed by atoms with Gasteiger partial charge in [0.15, 0.2) is 0 Å². The van der Waals surface area contributed by atoms with Gasteiger partial charge in [-0.1, -0.05) is 24.3 Å². The normalized spacial score (nSPS) is 39.6. The van der Waals surface area contributed by atoms with Gasteiger partial charge in [0, 0.05) is 12.3 Å². The number of carbonyl (C=O) groups excluding carboxylic acids is 1. The van der Waals surface area contributed by atoms with Crippen molar-refractivity contribution in [2.75, 3.05) is 0 Å². The van der Waals surface area contributed by atoms with Crippen LogP contribution in [0.2, 0.25) is 0 Å². The Labute approximate surface area is 94.6 Å². The molecular weight excluding hydrogens is 200 g/mol. The van der Waals surface area contributed by atoms with Gasteiger partial charge in [-0.25, -0.2) is 0 Å². The maximum Gasteiger partial charge on any atom is 0.139 e. The third-order valence-corrected chi connectivity index (χ3v) is 4.41. The summed E-state index contributed by atoms with van der Waals surface area (Å²) in [5.74, 6) is 1.05. The summed E-state index contributed by atoms with van der Waals surface area (Å²) < 4.78 is 6.04. The molecule has 2 bridgehead atoms. The van der Waals surface area contributed by atoms with Crippen LogP contribution >= 0.6 is 0 Å². The lowest BCUT2D eigenvalue weighted by molar-refractivity contribution is -0.127. The molecule has 4 rings (SSSR count). The molecule has 0 unspecified atom stereocenters. The third-order valence-electron chi connectivity index (χ3n) is 4.41. The van der Waals surface area contributed by atoms with Gasteiger partial charge < -0.3 is 4.74 Å². The number of ketones is 1. The summed E-state index contributed by atoms with van der Waals surface area (Å²) in [4.78, 5) is 12.0. The molecule has 0 spiro atoms. The Balaban J connectivity index is 1.85. The predicted molar refractivity (Wildman–Crippen MR) is 58.8 cm³/mol. The topological polar surface area (TPSA) is 26.3 Å². The fourth-order valence-electron chi connectivity index (χ4n) is 3.77. The zero-order valence-corrected chi connectivity index (χ0v) is 9.06.